The minimum Gasteiger partial charge on any atom is -0.466 e. The molecular weight excluding hydrogens is 248 g/mol. The molecule has 0 aliphatic rings. The first-order valence-electron chi connectivity index (χ1n) is 5.72. The fourth-order valence-corrected chi connectivity index (χ4v) is 1.53. The number of esters is 2. The number of nitrogens with zero attached hydrogens (tertiary/aromatic N) is 1. The van der Waals surface area contributed by atoms with Gasteiger partial charge < -0.3 is 20.1 Å². The maximum atomic E-state index is 11.8. The molecule has 1 aromatic carbocycles. The van der Waals surface area contributed by atoms with Crippen molar-refractivity contribution in [2.24, 2.45) is 0 Å². The minimum absolute atomic E-state index is 0.291. The van der Waals surface area contributed by atoms with E-state index in [1.807, 2.05) is 19.0 Å². The van der Waals surface area contributed by atoms with Crippen LogP contribution >= 0.6 is 0 Å². The van der Waals surface area contributed by atoms with E-state index in [1.165, 1.54) is 20.1 Å². The molecule has 1 unspecified atom stereocenters. The van der Waals surface area contributed by atoms with Gasteiger partial charge in [-0.25, -0.2) is 9.59 Å². The highest BCUT2D eigenvalue weighted by Gasteiger charge is 2.19. The van der Waals surface area contributed by atoms with E-state index < -0.39 is 18.0 Å². The number of benzene rings is 1. The average molecular weight is 266 g/mol. The van der Waals surface area contributed by atoms with E-state index in [9.17, 15) is 9.59 Å². The van der Waals surface area contributed by atoms with Gasteiger partial charge in [0.05, 0.1) is 24.0 Å². The Balaban J connectivity index is 2.84. The van der Waals surface area contributed by atoms with Crippen LogP contribution in [0.2, 0.25) is 0 Å². The SMILES string of the molecule is COC(=O)C(C)OC(=O)c1ccc(N(C)C)c(N)c1. The first-order valence-corrected chi connectivity index (χ1v) is 5.72. The predicted molar refractivity (Wildman–Crippen MR) is 72.1 cm³/mol. The van der Waals surface area contributed by atoms with Crippen LogP contribution in [0.4, 0.5) is 11.4 Å². The van der Waals surface area contributed by atoms with Crippen LogP contribution in [-0.4, -0.2) is 39.2 Å². The number of methoxy groups -OCH3 is 1. The number of rotatable bonds is 4. The highest BCUT2D eigenvalue weighted by molar-refractivity contribution is 5.93. The summed E-state index contributed by atoms with van der Waals surface area (Å²) in [6.07, 6.45) is -0.952. The second-order valence-corrected chi connectivity index (χ2v) is 4.24. The summed E-state index contributed by atoms with van der Waals surface area (Å²) in [4.78, 5) is 24.8. The normalized spacial score (nSPS) is 11.6. The zero-order valence-corrected chi connectivity index (χ0v) is 11.5. The Morgan fingerprint density at radius 1 is 1.32 bits per heavy atom. The monoisotopic (exact) mass is 266 g/mol. The molecule has 0 saturated carbocycles. The predicted octanol–water partition coefficient (Wildman–Crippen LogP) is 1.05. The molecule has 0 aromatic heterocycles. The van der Waals surface area contributed by atoms with Gasteiger partial charge in [0.2, 0.25) is 0 Å². The molecule has 0 amide bonds. The molecule has 104 valence electrons. The first-order chi connectivity index (χ1) is 8.86. The fraction of sp³-hybridized carbons (Fsp3) is 0.385. The summed E-state index contributed by atoms with van der Waals surface area (Å²) in [5.41, 5.74) is 7.39. The third kappa shape index (κ3) is 3.61. The van der Waals surface area contributed by atoms with Gasteiger partial charge in [-0.3, -0.25) is 0 Å². The number of carbonyl (C=O) groups is 2. The first kappa shape index (κ1) is 14.8. The van der Waals surface area contributed by atoms with Crippen LogP contribution in [0, 0.1) is 0 Å². The van der Waals surface area contributed by atoms with Crippen LogP contribution in [-0.2, 0) is 14.3 Å². The van der Waals surface area contributed by atoms with E-state index in [0.717, 1.165) is 5.69 Å². The Morgan fingerprint density at radius 3 is 2.42 bits per heavy atom. The van der Waals surface area contributed by atoms with Crippen LogP contribution in [0.15, 0.2) is 18.2 Å². The number of anilines is 2. The van der Waals surface area contributed by atoms with E-state index in [4.69, 9.17) is 10.5 Å². The van der Waals surface area contributed by atoms with Gasteiger partial charge in [0.1, 0.15) is 0 Å². The number of nitrogens with two attached hydrogens (primary N) is 1. The van der Waals surface area contributed by atoms with Crippen molar-refractivity contribution >= 4 is 23.3 Å². The molecule has 0 aliphatic carbocycles. The molecule has 6 heteroatoms. The summed E-state index contributed by atoms with van der Waals surface area (Å²) in [7, 11) is 4.93. The summed E-state index contributed by atoms with van der Waals surface area (Å²) in [6, 6.07) is 4.83. The number of ether oxygens (including phenoxy) is 2. The third-order valence-electron chi connectivity index (χ3n) is 2.56. The summed E-state index contributed by atoms with van der Waals surface area (Å²) in [5.74, 6) is -1.22. The van der Waals surface area contributed by atoms with Gasteiger partial charge in [-0.1, -0.05) is 0 Å². The van der Waals surface area contributed by atoms with Crippen molar-refractivity contribution in [3.63, 3.8) is 0 Å². The molecular formula is C13H18N2O4. The van der Waals surface area contributed by atoms with Crippen molar-refractivity contribution in [3.05, 3.63) is 23.8 Å². The topological polar surface area (TPSA) is 81.9 Å². The summed E-state index contributed by atoms with van der Waals surface area (Å²) in [5, 5.41) is 0. The van der Waals surface area contributed by atoms with Gasteiger partial charge in [-0.05, 0) is 25.1 Å². The lowest BCUT2D eigenvalue weighted by molar-refractivity contribution is -0.149. The maximum absolute atomic E-state index is 11.8. The number of hydrogen-bond donors (Lipinski definition) is 1. The van der Waals surface area contributed by atoms with Gasteiger partial charge >= 0.3 is 11.9 Å². The summed E-state index contributed by atoms with van der Waals surface area (Å²) >= 11 is 0. The minimum atomic E-state index is -0.952. The molecule has 0 fully saturated rings. The molecule has 2 N–H and O–H groups in total. The molecule has 0 saturated heterocycles. The number of hydrogen-bond acceptors (Lipinski definition) is 6. The summed E-state index contributed by atoms with van der Waals surface area (Å²) in [6.45, 7) is 1.45. The van der Waals surface area contributed by atoms with Crippen molar-refractivity contribution in [2.45, 2.75) is 13.0 Å². The second-order valence-electron chi connectivity index (χ2n) is 4.24. The van der Waals surface area contributed by atoms with Gasteiger partial charge in [0.25, 0.3) is 0 Å². The second kappa shape index (κ2) is 6.08. The van der Waals surface area contributed by atoms with Crippen molar-refractivity contribution < 1.29 is 19.1 Å². The van der Waals surface area contributed by atoms with Crippen LogP contribution in [0.3, 0.4) is 0 Å². The van der Waals surface area contributed by atoms with E-state index in [2.05, 4.69) is 4.74 Å². The molecule has 19 heavy (non-hydrogen) atoms. The molecule has 1 aromatic rings. The van der Waals surface area contributed by atoms with Crippen LogP contribution in [0.5, 0.6) is 0 Å². The number of carbonyl (C=O) groups excluding carboxylic acids is 2. The molecule has 0 aliphatic heterocycles. The zero-order chi connectivity index (χ0) is 14.6. The van der Waals surface area contributed by atoms with Crippen molar-refractivity contribution in [3.8, 4) is 0 Å². The van der Waals surface area contributed by atoms with Crippen LogP contribution in [0.1, 0.15) is 17.3 Å². The molecule has 0 radical (unpaired) electrons. The van der Waals surface area contributed by atoms with Crippen LogP contribution in [0.25, 0.3) is 0 Å². The van der Waals surface area contributed by atoms with E-state index in [1.54, 1.807) is 12.1 Å². The lowest BCUT2D eigenvalue weighted by Crippen LogP contribution is -2.25. The van der Waals surface area contributed by atoms with E-state index in [0.29, 0.717) is 11.3 Å². The maximum Gasteiger partial charge on any atom is 0.346 e. The van der Waals surface area contributed by atoms with Crippen molar-refractivity contribution in [1.29, 1.82) is 0 Å². The Labute approximate surface area is 112 Å². The molecule has 1 atom stereocenters. The fourth-order valence-electron chi connectivity index (χ4n) is 1.53. The largest absolute Gasteiger partial charge is 0.466 e. The Bertz CT molecular complexity index is 486. The van der Waals surface area contributed by atoms with E-state index in [-0.39, 0.29) is 0 Å². The van der Waals surface area contributed by atoms with Crippen LogP contribution < -0.4 is 10.6 Å². The van der Waals surface area contributed by atoms with Gasteiger partial charge in [-0.15, -0.1) is 0 Å². The Hall–Kier alpha value is -2.24. The summed E-state index contributed by atoms with van der Waals surface area (Å²) < 4.78 is 9.44. The quantitative estimate of drug-likeness (QED) is 0.648. The highest BCUT2D eigenvalue weighted by Crippen LogP contribution is 2.22. The van der Waals surface area contributed by atoms with Crippen molar-refractivity contribution in [2.75, 3.05) is 31.8 Å². The average Bonchev–Trinajstić information content (AvgIpc) is 2.36. The third-order valence-corrected chi connectivity index (χ3v) is 2.56. The molecule has 0 bridgehead atoms. The molecule has 0 spiro atoms. The number of nitrogen functional groups attached to an aromatic ring is 1. The van der Waals surface area contributed by atoms with Crippen molar-refractivity contribution in [1.82, 2.24) is 0 Å². The Morgan fingerprint density at radius 2 is 1.95 bits per heavy atom. The standard InChI is InChI=1S/C13H18N2O4/c1-8(12(16)18-4)19-13(17)9-5-6-11(15(2)3)10(14)7-9/h5-8H,14H2,1-4H3. The smallest absolute Gasteiger partial charge is 0.346 e. The molecule has 6 nitrogen and oxygen atoms in total. The highest BCUT2D eigenvalue weighted by atomic mass is 16.6. The van der Waals surface area contributed by atoms with E-state index >= 15 is 0 Å². The lowest BCUT2D eigenvalue weighted by atomic mass is 10.1. The van der Waals surface area contributed by atoms with Gasteiger partial charge in [-0.2, -0.15) is 0 Å². The zero-order valence-electron chi connectivity index (χ0n) is 11.5. The molecule has 0 heterocycles. The lowest BCUT2D eigenvalue weighted by Gasteiger charge is -2.16. The van der Waals surface area contributed by atoms with Gasteiger partial charge in [0.15, 0.2) is 6.10 Å². The molecule has 1 rings (SSSR count). The Kier molecular flexibility index (Phi) is 4.74. The van der Waals surface area contributed by atoms with Gasteiger partial charge in [0, 0.05) is 14.1 Å².